The monoisotopic (exact) mass is 602 g/mol. The molecule has 0 N–H and O–H groups in total. The van der Waals surface area contributed by atoms with Gasteiger partial charge in [0.15, 0.2) is 0 Å². The van der Waals surface area contributed by atoms with Gasteiger partial charge in [-0.25, -0.2) is 0 Å². The van der Waals surface area contributed by atoms with E-state index in [-0.39, 0.29) is 56.6 Å². The Morgan fingerprint density at radius 3 is 1.41 bits per heavy atom. The molecule has 2 aliphatic carbocycles. The summed E-state index contributed by atoms with van der Waals surface area (Å²) in [7, 11) is 3.19. The minimum absolute atomic E-state index is 0.116. The van der Waals surface area contributed by atoms with Gasteiger partial charge in [-0.15, -0.1) is 0 Å². The molecule has 2 aromatic carbocycles. The van der Waals surface area contributed by atoms with E-state index in [1.54, 1.807) is 38.4 Å². The first-order valence-corrected chi connectivity index (χ1v) is 16.7. The SMILES string of the molecule is CC(=O)N(C)CCc1ccc(F)[c]([Ti]([C]2=CC=CC2)([C]2=CC=CC2)[c]2c(F)ccc(CCN(C)C(C)=O)c2F)c1F. The van der Waals surface area contributed by atoms with E-state index in [1.165, 1.54) is 47.9 Å². The van der Waals surface area contributed by atoms with Crippen molar-refractivity contribution in [2.75, 3.05) is 27.2 Å². The van der Waals surface area contributed by atoms with Crippen molar-refractivity contribution in [2.45, 2.75) is 39.5 Å². The Labute approximate surface area is 242 Å². The van der Waals surface area contributed by atoms with Crippen LogP contribution < -0.4 is 7.74 Å². The third-order valence-electron chi connectivity index (χ3n) is 8.11. The zero-order valence-electron chi connectivity index (χ0n) is 23.7. The molecule has 2 amide bonds. The van der Waals surface area contributed by atoms with Crippen molar-refractivity contribution in [3.05, 3.63) is 103 Å². The molecular formula is C32H34F4N2O2Ti. The molecule has 0 saturated heterocycles. The van der Waals surface area contributed by atoms with E-state index < -0.39 is 39.9 Å². The Bertz CT molecular complexity index is 1380. The van der Waals surface area contributed by atoms with Gasteiger partial charge in [0.05, 0.1) is 0 Å². The van der Waals surface area contributed by atoms with Crippen LogP contribution in [0, 0.1) is 23.3 Å². The van der Waals surface area contributed by atoms with Crippen LogP contribution in [0.3, 0.4) is 0 Å². The number of hydrogen-bond acceptors (Lipinski definition) is 2. The number of nitrogens with zero attached hydrogens (tertiary/aromatic N) is 2. The summed E-state index contributed by atoms with van der Waals surface area (Å²) in [6, 6.07) is 5.04. The van der Waals surface area contributed by atoms with Gasteiger partial charge in [0.25, 0.3) is 0 Å². The summed E-state index contributed by atoms with van der Waals surface area (Å²) < 4.78 is 66.4. The van der Waals surface area contributed by atoms with E-state index in [9.17, 15) is 9.59 Å². The van der Waals surface area contributed by atoms with Gasteiger partial charge in [0, 0.05) is 0 Å². The first kappa shape index (κ1) is 30.7. The van der Waals surface area contributed by atoms with Gasteiger partial charge in [-0.1, -0.05) is 0 Å². The first-order chi connectivity index (χ1) is 19.5. The number of hydrogen-bond donors (Lipinski definition) is 0. The van der Waals surface area contributed by atoms with Crippen molar-refractivity contribution in [1.29, 1.82) is 0 Å². The predicted octanol–water partition coefficient (Wildman–Crippen LogP) is 5.08. The van der Waals surface area contributed by atoms with Crippen LogP contribution in [0.1, 0.15) is 37.8 Å². The summed E-state index contributed by atoms with van der Waals surface area (Å²) in [6.07, 6.45) is 11.6. The molecule has 9 heteroatoms. The molecule has 0 aliphatic heterocycles. The van der Waals surface area contributed by atoms with E-state index >= 15 is 17.6 Å². The van der Waals surface area contributed by atoms with E-state index in [1.807, 2.05) is 12.2 Å². The van der Waals surface area contributed by atoms with Gasteiger partial charge >= 0.3 is 243 Å². The normalized spacial score (nSPS) is 14.3. The molecule has 2 aromatic rings. The van der Waals surface area contributed by atoms with Gasteiger partial charge in [-0.05, 0) is 0 Å². The van der Waals surface area contributed by atoms with Crippen LogP contribution in [-0.2, 0) is 39.0 Å². The Kier molecular flexibility index (Phi) is 9.55. The fourth-order valence-corrected chi connectivity index (χ4v) is 13.9. The average molecular weight is 602 g/mol. The number of rotatable bonds is 10. The van der Waals surface area contributed by atoms with Gasteiger partial charge in [0.2, 0.25) is 0 Å². The number of amides is 2. The summed E-state index contributed by atoms with van der Waals surface area (Å²) >= 11 is -4.92. The molecule has 0 radical (unpaired) electrons. The Morgan fingerprint density at radius 1 is 0.707 bits per heavy atom. The first-order valence-electron chi connectivity index (χ1n) is 13.6. The summed E-state index contributed by atoms with van der Waals surface area (Å²) in [5.74, 6) is -3.70. The van der Waals surface area contributed by atoms with E-state index in [0.29, 0.717) is 20.6 Å². The summed E-state index contributed by atoms with van der Waals surface area (Å²) in [4.78, 5) is 26.4. The average Bonchev–Trinajstić information content (AvgIpc) is 3.66. The third-order valence-corrected chi connectivity index (χ3v) is 16.0. The second kappa shape index (κ2) is 12.7. The predicted molar refractivity (Wildman–Crippen MR) is 150 cm³/mol. The van der Waals surface area contributed by atoms with E-state index in [2.05, 4.69) is 0 Å². The van der Waals surface area contributed by atoms with E-state index in [4.69, 9.17) is 0 Å². The molecule has 0 spiro atoms. The molecule has 4 rings (SSSR count). The van der Waals surface area contributed by atoms with Crippen LogP contribution in [0.2, 0.25) is 0 Å². The Balaban J connectivity index is 2.00. The zero-order valence-corrected chi connectivity index (χ0v) is 25.3. The molecule has 0 bridgehead atoms. The van der Waals surface area contributed by atoms with Crippen LogP contribution in [-0.4, -0.2) is 48.8 Å². The number of halogens is 4. The molecule has 216 valence electrons. The molecule has 4 nitrogen and oxygen atoms in total. The summed E-state index contributed by atoms with van der Waals surface area (Å²) in [5, 5.41) is 0. The number of allylic oxidation sites excluding steroid dienone is 8. The Hall–Kier alpha value is -3.23. The summed E-state index contributed by atoms with van der Waals surface area (Å²) in [5.41, 5.74) is 0.366. The van der Waals surface area contributed by atoms with Crippen molar-refractivity contribution in [1.82, 2.24) is 9.80 Å². The van der Waals surface area contributed by atoms with Crippen LogP contribution >= 0.6 is 0 Å². The Morgan fingerprint density at radius 2 is 1.10 bits per heavy atom. The fourth-order valence-electron chi connectivity index (χ4n) is 5.58. The molecule has 0 aromatic heterocycles. The van der Waals surface area contributed by atoms with Crippen molar-refractivity contribution in [3.8, 4) is 0 Å². The number of benzene rings is 2. The van der Waals surface area contributed by atoms with Gasteiger partial charge < -0.3 is 0 Å². The number of carbonyl (C=O) groups excluding carboxylic acids is 2. The van der Waals surface area contributed by atoms with Crippen molar-refractivity contribution >= 4 is 19.6 Å². The molecule has 2 aliphatic rings. The number of likely N-dealkylation sites (N-methyl/N-ethyl adjacent to an activating group) is 2. The fraction of sp³-hybridized carbons (Fsp3) is 0.312. The molecule has 0 fully saturated rings. The van der Waals surface area contributed by atoms with Crippen molar-refractivity contribution in [3.63, 3.8) is 0 Å². The number of carbonyl (C=O) groups is 2. The molecule has 0 saturated carbocycles. The minimum atomic E-state index is -4.92. The molecular weight excluding hydrogens is 568 g/mol. The second-order valence-electron chi connectivity index (χ2n) is 10.6. The van der Waals surface area contributed by atoms with Gasteiger partial charge in [-0.3, -0.25) is 0 Å². The van der Waals surface area contributed by atoms with Gasteiger partial charge in [-0.2, -0.15) is 0 Å². The molecule has 0 unspecified atom stereocenters. The van der Waals surface area contributed by atoms with Crippen molar-refractivity contribution < 1.29 is 43.7 Å². The van der Waals surface area contributed by atoms with E-state index in [0.717, 1.165) is 0 Å². The molecule has 41 heavy (non-hydrogen) atoms. The molecule has 0 atom stereocenters. The maximum atomic E-state index is 16.7. The van der Waals surface area contributed by atoms with Crippen LogP contribution in [0.25, 0.3) is 0 Å². The van der Waals surface area contributed by atoms with Crippen molar-refractivity contribution in [2.24, 2.45) is 0 Å². The maximum absolute atomic E-state index is 16.7. The quantitative estimate of drug-likeness (QED) is 0.282. The van der Waals surface area contributed by atoms with Crippen LogP contribution in [0.4, 0.5) is 17.6 Å². The van der Waals surface area contributed by atoms with Gasteiger partial charge in [0.1, 0.15) is 0 Å². The van der Waals surface area contributed by atoms with Crippen LogP contribution in [0.5, 0.6) is 0 Å². The second-order valence-corrected chi connectivity index (χ2v) is 16.5. The molecule has 0 heterocycles. The summed E-state index contributed by atoms with van der Waals surface area (Å²) in [6.45, 7) is 3.21. The standard InChI is InChI=1S/2C11H12F2NO.2C5H5.Ti/c2*1-8(15)14(2)6-5-9-3-4-10(12)7-11(9)13;2*1-2-4-5-3-1;/h2*3-4H,5-6H2,1-2H3;2*1-3H,4H2;. The van der Waals surface area contributed by atoms with Crippen LogP contribution in [0.15, 0.2) is 68.5 Å². The zero-order chi connectivity index (χ0) is 29.9. The third kappa shape index (κ3) is 5.91. The topological polar surface area (TPSA) is 40.6 Å².